The normalized spacial score (nSPS) is 13.6. The Morgan fingerprint density at radius 1 is 1.28 bits per heavy atom. The van der Waals surface area contributed by atoms with Gasteiger partial charge < -0.3 is 21.1 Å². The molecule has 1 aliphatic heterocycles. The van der Waals surface area contributed by atoms with Crippen LogP contribution >= 0.6 is 11.6 Å². The van der Waals surface area contributed by atoms with Crippen LogP contribution in [-0.2, 0) is 0 Å². The number of anilines is 1. The summed E-state index contributed by atoms with van der Waals surface area (Å²) in [4.78, 5) is 4.13. The molecule has 18 heavy (non-hydrogen) atoms. The number of imidazole rings is 1. The highest BCUT2D eigenvalue weighted by atomic mass is 35.5. The van der Waals surface area contributed by atoms with E-state index in [4.69, 9.17) is 32.7 Å². The van der Waals surface area contributed by atoms with Crippen LogP contribution in [0.2, 0.25) is 5.02 Å². The van der Waals surface area contributed by atoms with Crippen molar-refractivity contribution in [2.45, 2.75) is 0 Å². The lowest BCUT2D eigenvalue weighted by Crippen LogP contribution is -2.15. The Balaban J connectivity index is 2.14. The van der Waals surface area contributed by atoms with Crippen LogP contribution < -0.4 is 21.1 Å². The van der Waals surface area contributed by atoms with Gasteiger partial charge in [-0.2, -0.15) is 0 Å². The molecule has 1 aromatic heterocycles. The Morgan fingerprint density at radius 2 is 2.06 bits per heavy atom. The van der Waals surface area contributed by atoms with Crippen LogP contribution in [0.1, 0.15) is 0 Å². The maximum atomic E-state index is 6.14. The van der Waals surface area contributed by atoms with Crippen LogP contribution in [0, 0.1) is 0 Å². The van der Waals surface area contributed by atoms with Gasteiger partial charge in [-0.1, -0.05) is 11.6 Å². The Morgan fingerprint density at radius 3 is 2.78 bits per heavy atom. The first-order chi connectivity index (χ1) is 8.66. The zero-order valence-electron chi connectivity index (χ0n) is 9.39. The Kier molecular flexibility index (Phi) is 2.45. The minimum atomic E-state index is 0.364. The molecule has 0 unspecified atom stereocenters. The number of aromatic nitrogens is 2. The van der Waals surface area contributed by atoms with Crippen molar-refractivity contribution in [3.05, 3.63) is 23.5 Å². The van der Waals surface area contributed by atoms with Crippen molar-refractivity contribution in [2.24, 2.45) is 0 Å². The third-order valence-electron chi connectivity index (χ3n) is 2.70. The highest BCUT2D eigenvalue weighted by Crippen LogP contribution is 2.41. The van der Waals surface area contributed by atoms with Gasteiger partial charge in [-0.05, 0) is 12.1 Å². The third-order valence-corrected chi connectivity index (χ3v) is 2.98. The van der Waals surface area contributed by atoms with E-state index in [1.807, 2.05) is 0 Å². The van der Waals surface area contributed by atoms with E-state index in [0.717, 1.165) is 5.56 Å². The van der Waals surface area contributed by atoms with Gasteiger partial charge in [0, 0.05) is 5.56 Å². The molecule has 0 atom stereocenters. The fourth-order valence-corrected chi connectivity index (χ4v) is 2.11. The van der Waals surface area contributed by atoms with E-state index in [1.54, 1.807) is 12.1 Å². The molecule has 4 N–H and O–H groups in total. The molecule has 94 valence electrons. The number of nitrogen functional groups attached to an aromatic ring is 2. The molecule has 7 heteroatoms. The van der Waals surface area contributed by atoms with Gasteiger partial charge in [0.1, 0.15) is 31.1 Å². The van der Waals surface area contributed by atoms with Crippen LogP contribution in [0.5, 0.6) is 11.5 Å². The first-order valence-corrected chi connectivity index (χ1v) is 5.72. The maximum Gasteiger partial charge on any atom is 0.179 e. The molecule has 0 radical (unpaired) electrons. The zero-order valence-corrected chi connectivity index (χ0v) is 10.1. The molecule has 0 spiro atoms. The van der Waals surface area contributed by atoms with Crippen LogP contribution in [0.25, 0.3) is 11.3 Å². The van der Waals surface area contributed by atoms with Crippen molar-refractivity contribution in [2.75, 3.05) is 24.8 Å². The van der Waals surface area contributed by atoms with Crippen molar-refractivity contribution >= 4 is 17.4 Å². The smallest absolute Gasteiger partial charge is 0.179 e. The first-order valence-electron chi connectivity index (χ1n) is 5.34. The second-order valence-electron chi connectivity index (χ2n) is 3.87. The van der Waals surface area contributed by atoms with Gasteiger partial charge in [-0.15, -0.1) is 0 Å². The van der Waals surface area contributed by atoms with Crippen LogP contribution in [0.15, 0.2) is 18.5 Å². The maximum absolute atomic E-state index is 6.14. The van der Waals surface area contributed by atoms with E-state index in [9.17, 15) is 0 Å². The predicted octanol–water partition coefficient (Wildman–Crippen LogP) is 1.27. The van der Waals surface area contributed by atoms with Crippen LogP contribution in [0.3, 0.4) is 0 Å². The Hall–Kier alpha value is -2.08. The monoisotopic (exact) mass is 266 g/mol. The quantitative estimate of drug-likeness (QED) is 0.759. The number of hydrogen-bond donors (Lipinski definition) is 2. The predicted molar refractivity (Wildman–Crippen MR) is 68.2 cm³/mol. The molecular formula is C11H11ClN4O2. The average Bonchev–Trinajstić information content (AvgIpc) is 2.70. The summed E-state index contributed by atoms with van der Waals surface area (Å²) in [6.45, 7) is 0.985. The number of ether oxygens (including phenoxy) is 2. The standard InChI is InChI=1S/C11H11ClN4O2/c12-7-3-6(9-11(13)16(14)5-15-9)4-8-10(7)18-2-1-17-8/h3-5H,1-2,13-14H2. The fraction of sp³-hybridized carbons (Fsp3) is 0.182. The minimum Gasteiger partial charge on any atom is -0.486 e. The van der Waals surface area contributed by atoms with Gasteiger partial charge in [-0.3, -0.25) is 0 Å². The van der Waals surface area contributed by atoms with E-state index < -0.39 is 0 Å². The summed E-state index contributed by atoms with van der Waals surface area (Å²) >= 11 is 6.14. The van der Waals surface area contributed by atoms with E-state index in [2.05, 4.69) is 4.98 Å². The fourth-order valence-electron chi connectivity index (χ4n) is 1.84. The summed E-state index contributed by atoms with van der Waals surface area (Å²) < 4.78 is 12.2. The summed E-state index contributed by atoms with van der Waals surface area (Å²) in [5, 5.41) is 0.466. The molecule has 1 aliphatic rings. The van der Waals surface area contributed by atoms with Crippen molar-refractivity contribution in [3.63, 3.8) is 0 Å². The summed E-state index contributed by atoms with van der Waals surface area (Å²) in [5.41, 5.74) is 7.13. The first kappa shape index (κ1) is 11.0. The highest BCUT2D eigenvalue weighted by molar-refractivity contribution is 6.32. The Labute approximate surface area is 108 Å². The minimum absolute atomic E-state index is 0.364. The third kappa shape index (κ3) is 1.62. The van der Waals surface area contributed by atoms with Crippen molar-refractivity contribution in [3.8, 4) is 22.8 Å². The lowest BCUT2D eigenvalue weighted by molar-refractivity contribution is 0.172. The van der Waals surface area contributed by atoms with E-state index in [-0.39, 0.29) is 0 Å². The van der Waals surface area contributed by atoms with E-state index in [0.29, 0.717) is 41.2 Å². The van der Waals surface area contributed by atoms with E-state index >= 15 is 0 Å². The van der Waals surface area contributed by atoms with Gasteiger partial charge in [0.25, 0.3) is 0 Å². The summed E-state index contributed by atoms with van der Waals surface area (Å²) in [6.07, 6.45) is 1.44. The number of benzene rings is 1. The molecule has 0 amide bonds. The largest absolute Gasteiger partial charge is 0.486 e. The van der Waals surface area contributed by atoms with Crippen LogP contribution in [-0.4, -0.2) is 22.9 Å². The van der Waals surface area contributed by atoms with Crippen molar-refractivity contribution < 1.29 is 9.47 Å². The number of nitrogens with two attached hydrogens (primary N) is 2. The molecule has 0 aliphatic carbocycles. The number of nitrogens with zero attached hydrogens (tertiary/aromatic N) is 2. The molecule has 0 saturated heterocycles. The summed E-state index contributed by atoms with van der Waals surface area (Å²) in [5.74, 6) is 7.10. The molecule has 0 saturated carbocycles. The SMILES string of the molecule is Nc1c(-c2cc(Cl)c3c(c2)OCCO3)ncn1N. The van der Waals surface area contributed by atoms with Crippen LogP contribution in [0.4, 0.5) is 5.82 Å². The molecule has 3 rings (SSSR count). The second-order valence-corrected chi connectivity index (χ2v) is 4.28. The van der Waals surface area contributed by atoms with Gasteiger partial charge in [-0.25, -0.2) is 9.66 Å². The summed E-state index contributed by atoms with van der Waals surface area (Å²) in [6, 6.07) is 3.52. The topological polar surface area (TPSA) is 88.3 Å². The lowest BCUT2D eigenvalue weighted by atomic mass is 10.1. The molecule has 2 heterocycles. The number of fused-ring (bicyclic) bond motifs is 1. The van der Waals surface area contributed by atoms with Crippen molar-refractivity contribution in [1.82, 2.24) is 9.66 Å². The Bertz CT molecular complexity index is 611. The number of halogens is 1. The van der Waals surface area contributed by atoms with Gasteiger partial charge in [0.2, 0.25) is 0 Å². The average molecular weight is 267 g/mol. The molecule has 0 bridgehead atoms. The molecule has 2 aromatic rings. The molecule has 6 nitrogen and oxygen atoms in total. The van der Waals surface area contributed by atoms with Crippen molar-refractivity contribution in [1.29, 1.82) is 0 Å². The molecule has 0 fully saturated rings. The zero-order chi connectivity index (χ0) is 12.7. The second kappa shape index (κ2) is 3.99. The highest BCUT2D eigenvalue weighted by Gasteiger charge is 2.19. The van der Waals surface area contributed by atoms with E-state index in [1.165, 1.54) is 11.0 Å². The molecular weight excluding hydrogens is 256 g/mol. The number of hydrogen-bond acceptors (Lipinski definition) is 5. The summed E-state index contributed by atoms with van der Waals surface area (Å²) in [7, 11) is 0. The van der Waals surface area contributed by atoms with Gasteiger partial charge >= 0.3 is 0 Å². The van der Waals surface area contributed by atoms with Gasteiger partial charge in [0.05, 0.1) is 5.02 Å². The van der Waals surface area contributed by atoms with Gasteiger partial charge in [0.15, 0.2) is 11.5 Å². The lowest BCUT2D eigenvalue weighted by Gasteiger charge is -2.20. The molecule has 1 aromatic carbocycles. The number of rotatable bonds is 1.